The van der Waals surface area contributed by atoms with Gasteiger partial charge in [0.2, 0.25) is 0 Å². The fourth-order valence-electron chi connectivity index (χ4n) is 3.75. The number of hydrogen-bond acceptors (Lipinski definition) is 3. The Balaban J connectivity index is 1.96. The Morgan fingerprint density at radius 3 is 2.48 bits per heavy atom. The summed E-state index contributed by atoms with van der Waals surface area (Å²) in [7, 11) is 2.08. The van der Waals surface area contributed by atoms with Gasteiger partial charge in [0.1, 0.15) is 5.82 Å². The zero-order valence-corrected chi connectivity index (χ0v) is 14.0. The summed E-state index contributed by atoms with van der Waals surface area (Å²) in [5, 5.41) is 3.52. The minimum Gasteiger partial charge on any atom is -0.383 e. The number of nitrogens with zero attached hydrogens (tertiary/aromatic N) is 1. The Kier molecular flexibility index (Phi) is 5.26. The average Bonchev–Trinajstić information content (AvgIpc) is 2.46. The zero-order valence-electron chi connectivity index (χ0n) is 14.0. The Labute approximate surface area is 129 Å². The summed E-state index contributed by atoms with van der Waals surface area (Å²) in [6.45, 7) is 7.14. The monoisotopic (exact) mass is 289 g/mol. The molecule has 2 rings (SSSR count). The number of nitrogens with two attached hydrogens (primary N) is 1. The second-order valence-corrected chi connectivity index (χ2v) is 7.62. The molecule has 21 heavy (non-hydrogen) atoms. The van der Waals surface area contributed by atoms with Gasteiger partial charge in [-0.15, -0.1) is 0 Å². The van der Waals surface area contributed by atoms with E-state index in [1.165, 1.54) is 31.2 Å². The quantitative estimate of drug-likeness (QED) is 0.889. The molecule has 1 saturated carbocycles. The summed E-state index contributed by atoms with van der Waals surface area (Å²) in [5.74, 6) is 2.31. The van der Waals surface area contributed by atoms with Crippen LogP contribution < -0.4 is 11.1 Å². The Morgan fingerprint density at radius 1 is 1.29 bits per heavy atom. The lowest BCUT2D eigenvalue weighted by atomic mass is 9.68. The minimum atomic E-state index is 0.452. The molecule has 0 radical (unpaired) electrons. The molecule has 0 aliphatic heterocycles. The first-order chi connectivity index (χ1) is 9.91. The van der Waals surface area contributed by atoms with Crippen LogP contribution in [0.4, 0.5) is 5.82 Å². The van der Waals surface area contributed by atoms with Crippen LogP contribution in [0, 0.1) is 17.3 Å². The molecule has 1 heterocycles. The maximum absolute atomic E-state index is 5.99. The first-order valence-electron chi connectivity index (χ1n) is 8.28. The highest BCUT2D eigenvalue weighted by molar-refractivity contribution is 5.39. The van der Waals surface area contributed by atoms with Gasteiger partial charge in [0.15, 0.2) is 0 Å². The van der Waals surface area contributed by atoms with Gasteiger partial charge in [-0.2, -0.15) is 0 Å². The zero-order chi connectivity index (χ0) is 15.5. The van der Waals surface area contributed by atoms with Crippen LogP contribution in [0.5, 0.6) is 0 Å². The van der Waals surface area contributed by atoms with Crippen molar-refractivity contribution in [3.05, 3.63) is 23.9 Å². The Morgan fingerprint density at radius 2 is 1.95 bits per heavy atom. The van der Waals surface area contributed by atoms with Gasteiger partial charge in [-0.3, -0.25) is 0 Å². The summed E-state index contributed by atoms with van der Waals surface area (Å²) in [6, 6.07) is 4.60. The highest BCUT2D eigenvalue weighted by atomic mass is 14.9. The van der Waals surface area contributed by atoms with Crippen LogP contribution in [0.3, 0.4) is 0 Å². The van der Waals surface area contributed by atoms with E-state index in [4.69, 9.17) is 5.73 Å². The van der Waals surface area contributed by atoms with E-state index in [1.54, 1.807) is 6.20 Å². The van der Waals surface area contributed by atoms with Gasteiger partial charge in [-0.1, -0.05) is 26.8 Å². The molecule has 118 valence electrons. The lowest BCUT2D eigenvalue weighted by Crippen LogP contribution is -2.39. The molecule has 0 bridgehead atoms. The number of hydrogen-bond donors (Lipinski definition) is 2. The van der Waals surface area contributed by atoms with Gasteiger partial charge >= 0.3 is 0 Å². The maximum Gasteiger partial charge on any atom is 0.126 e. The third-order valence-electron chi connectivity index (χ3n) is 5.30. The largest absolute Gasteiger partial charge is 0.383 e. The lowest BCUT2D eigenvalue weighted by Gasteiger charge is -2.39. The van der Waals surface area contributed by atoms with Crippen molar-refractivity contribution in [3.63, 3.8) is 0 Å². The molecule has 0 aromatic carbocycles. The molecule has 3 N–H and O–H groups in total. The topological polar surface area (TPSA) is 50.9 Å². The first kappa shape index (κ1) is 16.3. The van der Waals surface area contributed by atoms with Crippen LogP contribution >= 0.6 is 0 Å². The second-order valence-electron chi connectivity index (χ2n) is 7.62. The maximum atomic E-state index is 5.99. The number of aromatic nitrogens is 1. The lowest BCUT2D eigenvalue weighted by molar-refractivity contribution is 0.134. The first-order valence-corrected chi connectivity index (χ1v) is 8.28. The fraction of sp³-hybridized carbons (Fsp3) is 0.722. The van der Waals surface area contributed by atoms with E-state index in [1.807, 2.05) is 6.07 Å². The molecular weight excluding hydrogens is 258 g/mol. The highest BCUT2D eigenvalue weighted by Gasteiger charge is 2.32. The molecule has 3 heteroatoms. The minimum absolute atomic E-state index is 0.452. The van der Waals surface area contributed by atoms with Gasteiger partial charge in [-0.25, -0.2) is 4.98 Å². The summed E-state index contributed by atoms with van der Waals surface area (Å²) in [5.41, 5.74) is 7.62. The van der Waals surface area contributed by atoms with Gasteiger partial charge in [0, 0.05) is 12.2 Å². The van der Waals surface area contributed by atoms with Crippen molar-refractivity contribution in [2.24, 2.45) is 17.3 Å². The van der Waals surface area contributed by atoms with Crippen LogP contribution in [-0.2, 0) is 6.42 Å². The fourth-order valence-corrected chi connectivity index (χ4v) is 3.75. The summed E-state index contributed by atoms with van der Waals surface area (Å²) in [4.78, 5) is 4.21. The van der Waals surface area contributed by atoms with Crippen LogP contribution in [0.2, 0.25) is 0 Å². The molecule has 1 aliphatic rings. The van der Waals surface area contributed by atoms with Crippen molar-refractivity contribution in [3.8, 4) is 0 Å². The van der Waals surface area contributed by atoms with Crippen molar-refractivity contribution in [2.45, 2.75) is 58.9 Å². The number of likely N-dealkylation sites (N-methyl/N-ethyl adjacent to an activating group) is 1. The second kappa shape index (κ2) is 6.78. The van der Waals surface area contributed by atoms with E-state index >= 15 is 0 Å². The van der Waals surface area contributed by atoms with E-state index in [9.17, 15) is 0 Å². The summed E-state index contributed by atoms with van der Waals surface area (Å²) < 4.78 is 0. The average molecular weight is 289 g/mol. The van der Waals surface area contributed by atoms with E-state index in [0.29, 0.717) is 17.3 Å². The summed E-state index contributed by atoms with van der Waals surface area (Å²) in [6.07, 6.45) is 8.12. The predicted octanol–water partition coefficient (Wildman–Crippen LogP) is 3.65. The Hall–Kier alpha value is -1.09. The molecule has 0 spiro atoms. The third kappa shape index (κ3) is 4.19. The highest BCUT2D eigenvalue weighted by Crippen LogP contribution is 2.41. The number of nitrogen functional groups attached to an aromatic ring is 1. The molecule has 1 aromatic heterocycles. The SMILES string of the molecule is CNC(Cc1cccnc1N)C1CCC(C(C)(C)C)CC1. The Bertz CT molecular complexity index is 442. The van der Waals surface area contributed by atoms with Gasteiger partial charge < -0.3 is 11.1 Å². The number of rotatable bonds is 4. The number of pyridine rings is 1. The standard InChI is InChI=1S/C18H31N3/c1-18(2,3)15-9-7-13(8-10-15)16(20-4)12-14-6-5-11-21-17(14)19/h5-6,11,13,15-16,20H,7-10,12H2,1-4H3,(H2,19,21). The van der Waals surface area contributed by atoms with E-state index < -0.39 is 0 Å². The molecular formula is C18H31N3. The predicted molar refractivity (Wildman–Crippen MR) is 90.1 cm³/mol. The van der Waals surface area contributed by atoms with Crippen molar-refractivity contribution in [1.29, 1.82) is 0 Å². The molecule has 1 aliphatic carbocycles. The number of anilines is 1. The normalized spacial score (nSPS) is 24.8. The van der Waals surface area contributed by atoms with Gasteiger partial charge in [0.05, 0.1) is 0 Å². The van der Waals surface area contributed by atoms with E-state index in [-0.39, 0.29) is 0 Å². The third-order valence-corrected chi connectivity index (χ3v) is 5.30. The van der Waals surface area contributed by atoms with Crippen molar-refractivity contribution in [1.82, 2.24) is 10.3 Å². The van der Waals surface area contributed by atoms with Crippen molar-refractivity contribution in [2.75, 3.05) is 12.8 Å². The van der Waals surface area contributed by atoms with Crippen LogP contribution in [-0.4, -0.2) is 18.1 Å². The van der Waals surface area contributed by atoms with Gasteiger partial charge in [0.25, 0.3) is 0 Å². The van der Waals surface area contributed by atoms with E-state index in [2.05, 4.69) is 44.2 Å². The smallest absolute Gasteiger partial charge is 0.126 e. The van der Waals surface area contributed by atoms with E-state index in [0.717, 1.165) is 18.3 Å². The van der Waals surface area contributed by atoms with Crippen molar-refractivity contribution < 1.29 is 0 Å². The molecule has 1 unspecified atom stereocenters. The molecule has 3 nitrogen and oxygen atoms in total. The molecule has 1 fully saturated rings. The molecule has 1 atom stereocenters. The van der Waals surface area contributed by atoms with Crippen molar-refractivity contribution >= 4 is 5.82 Å². The molecule has 1 aromatic rings. The van der Waals surface area contributed by atoms with Crippen LogP contribution in [0.15, 0.2) is 18.3 Å². The van der Waals surface area contributed by atoms with Crippen LogP contribution in [0.1, 0.15) is 52.0 Å². The number of nitrogens with one attached hydrogen (secondary N) is 1. The van der Waals surface area contributed by atoms with Gasteiger partial charge in [-0.05, 0) is 68.0 Å². The van der Waals surface area contributed by atoms with Crippen LogP contribution in [0.25, 0.3) is 0 Å². The molecule has 0 saturated heterocycles. The molecule has 0 amide bonds. The summed E-state index contributed by atoms with van der Waals surface area (Å²) >= 11 is 0.